The van der Waals surface area contributed by atoms with Gasteiger partial charge in [0.1, 0.15) is 5.69 Å². The van der Waals surface area contributed by atoms with Crippen LogP contribution in [0.4, 0.5) is 0 Å². The number of hydrogen-bond donors (Lipinski definition) is 0. The molecule has 3 rings (SSSR count). The molecule has 92 valence electrons. The van der Waals surface area contributed by atoms with Crippen LogP contribution in [0.15, 0.2) is 30.3 Å². The van der Waals surface area contributed by atoms with Crippen LogP contribution in [0.25, 0.3) is 5.69 Å². The van der Waals surface area contributed by atoms with Gasteiger partial charge >= 0.3 is 0 Å². The van der Waals surface area contributed by atoms with Gasteiger partial charge in [0, 0.05) is 12.5 Å². The maximum absolute atomic E-state index is 10.9. The lowest BCUT2D eigenvalue weighted by Gasteiger charge is -2.27. The van der Waals surface area contributed by atoms with Gasteiger partial charge in [0.2, 0.25) is 6.41 Å². The molecule has 1 aromatic heterocycles. The molecule has 0 radical (unpaired) electrons. The van der Waals surface area contributed by atoms with Gasteiger partial charge in [0.05, 0.1) is 17.9 Å². The minimum Gasteiger partial charge on any atom is -0.339 e. The van der Waals surface area contributed by atoms with Gasteiger partial charge in [-0.15, -0.1) is 5.10 Å². The molecule has 2 aromatic rings. The van der Waals surface area contributed by atoms with Gasteiger partial charge < -0.3 is 4.90 Å². The van der Waals surface area contributed by atoms with Gasteiger partial charge in [-0.2, -0.15) is 0 Å². The number of nitrogens with zero attached hydrogens (tertiary/aromatic N) is 4. The van der Waals surface area contributed by atoms with E-state index in [1.807, 2.05) is 35.0 Å². The minimum atomic E-state index is 0.245. The molecule has 1 atom stereocenters. The average Bonchev–Trinajstić information content (AvgIpc) is 2.84. The molecule has 0 fully saturated rings. The molecular weight excluding hydrogens is 228 g/mol. The van der Waals surface area contributed by atoms with Gasteiger partial charge in [-0.25, -0.2) is 4.68 Å². The summed E-state index contributed by atoms with van der Waals surface area (Å²) >= 11 is 0. The fourth-order valence-electron chi connectivity index (χ4n) is 2.46. The summed E-state index contributed by atoms with van der Waals surface area (Å²) in [6, 6.07) is 9.95. The van der Waals surface area contributed by atoms with E-state index in [-0.39, 0.29) is 5.92 Å². The van der Waals surface area contributed by atoms with E-state index in [1.54, 1.807) is 4.90 Å². The molecule has 0 spiro atoms. The highest BCUT2D eigenvalue weighted by molar-refractivity contribution is 5.49. The Hall–Kier alpha value is -2.17. The monoisotopic (exact) mass is 242 g/mol. The van der Waals surface area contributed by atoms with Crippen LogP contribution in [-0.4, -0.2) is 32.8 Å². The van der Waals surface area contributed by atoms with Gasteiger partial charge in [0.25, 0.3) is 0 Å². The molecule has 0 aliphatic carbocycles. The number of carbonyl (C=O) groups excluding carboxylic acids is 1. The zero-order chi connectivity index (χ0) is 12.5. The first-order valence-corrected chi connectivity index (χ1v) is 5.99. The smallest absolute Gasteiger partial charge is 0.210 e. The Kier molecular flexibility index (Phi) is 2.59. The summed E-state index contributed by atoms with van der Waals surface area (Å²) in [6.07, 6.45) is 0.876. The highest BCUT2D eigenvalue weighted by Gasteiger charge is 2.27. The van der Waals surface area contributed by atoms with Gasteiger partial charge in [-0.1, -0.05) is 30.3 Å². The van der Waals surface area contributed by atoms with Crippen LogP contribution in [0.5, 0.6) is 0 Å². The fraction of sp³-hybridized carbons (Fsp3) is 0.308. The van der Waals surface area contributed by atoms with E-state index in [2.05, 4.69) is 17.2 Å². The van der Waals surface area contributed by atoms with Crippen molar-refractivity contribution in [2.45, 2.75) is 19.4 Å². The summed E-state index contributed by atoms with van der Waals surface area (Å²) in [5.74, 6) is 0.245. The van der Waals surface area contributed by atoms with Crippen molar-refractivity contribution in [2.75, 3.05) is 6.54 Å². The standard InChI is InChI=1S/C13H14N4O/c1-10-7-16(9-18)8-12-13(10)17(15-14-12)11-5-3-2-4-6-11/h2-6,9-10H,7-8H2,1H3. The van der Waals surface area contributed by atoms with Crippen LogP contribution < -0.4 is 0 Å². The van der Waals surface area contributed by atoms with E-state index >= 15 is 0 Å². The van der Waals surface area contributed by atoms with Crippen molar-refractivity contribution >= 4 is 6.41 Å². The number of hydrogen-bond acceptors (Lipinski definition) is 3. The predicted molar refractivity (Wildman–Crippen MR) is 66.2 cm³/mol. The van der Waals surface area contributed by atoms with Crippen LogP contribution >= 0.6 is 0 Å². The molecule has 5 heteroatoms. The van der Waals surface area contributed by atoms with Gasteiger partial charge in [-0.3, -0.25) is 4.79 Å². The van der Waals surface area contributed by atoms with Crippen LogP contribution in [0.1, 0.15) is 24.2 Å². The van der Waals surface area contributed by atoms with Gasteiger partial charge in [0.15, 0.2) is 0 Å². The lowest BCUT2D eigenvalue weighted by Crippen LogP contribution is -2.32. The number of para-hydroxylation sites is 1. The first-order valence-electron chi connectivity index (χ1n) is 5.99. The normalized spacial score (nSPS) is 18.5. The molecule has 1 aliphatic heterocycles. The highest BCUT2D eigenvalue weighted by Crippen LogP contribution is 2.27. The lowest BCUT2D eigenvalue weighted by molar-refractivity contribution is -0.119. The molecule has 2 heterocycles. The molecule has 0 bridgehead atoms. The number of carbonyl (C=O) groups is 1. The molecule has 1 aliphatic rings. The van der Waals surface area contributed by atoms with Crippen LogP contribution in [-0.2, 0) is 11.3 Å². The number of benzene rings is 1. The van der Waals surface area contributed by atoms with E-state index in [9.17, 15) is 4.79 Å². The van der Waals surface area contributed by atoms with E-state index in [1.165, 1.54) is 0 Å². The number of amides is 1. The van der Waals surface area contributed by atoms with E-state index in [4.69, 9.17) is 0 Å². The maximum Gasteiger partial charge on any atom is 0.210 e. The topological polar surface area (TPSA) is 51.0 Å². The molecule has 0 saturated carbocycles. The Balaban J connectivity index is 2.06. The molecule has 18 heavy (non-hydrogen) atoms. The summed E-state index contributed by atoms with van der Waals surface area (Å²) < 4.78 is 1.88. The third kappa shape index (κ3) is 1.68. The third-order valence-corrected chi connectivity index (χ3v) is 3.26. The number of rotatable bonds is 2. The largest absolute Gasteiger partial charge is 0.339 e. The summed E-state index contributed by atoms with van der Waals surface area (Å²) in [5.41, 5.74) is 3.02. The fourth-order valence-corrected chi connectivity index (χ4v) is 2.46. The molecule has 0 saturated heterocycles. The van der Waals surface area contributed by atoms with Crippen molar-refractivity contribution < 1.29 is 4.79 Å². The molecule has 5 nitrogen and oxygen atoms in total. The molecular formula is C13H14N4O. The van der Waals surface area contributed by atoms with Crippen molar-refractivity contribution in [1.29, 1.82) is 0 Å². The zero-order valence-electron chi connectivity index (χ0n) is 10.2. The summed E-state index contributed by atoms with van der Waals surface area (Å²) in [7, 11) is 0. The Morgan fingerprint density at radius 1 is 1.33 bits per heavy atom. The SMILES string of the molecule is CC1CN(C=O)Cc2nnn(-c3ccccc3)c21. The number of fused-ring (bicyclic) bond motifs is 1. The molecule has 1 unspecified atom stereocenters. The van der Waals surface area contributed by atoms with Crippen LogP contribution in [0.2, 0.25) is 0 Å². The second kappa shape index (κ2) is 4.25. The summed E-state index contributed by atoms with van der Waals surface area (Å²) in [5, 5.41) is 8.41. The first kappa shape index (κ1) is 11.0. The second-order valence-corrected chi connectivity index (χ2v) is 4.60. The Labute approximate surface area is 105 Å². The number of aromatic nitrogens is 3. The molecule has 1 amide bonds. The zero-order valence-corrected chi connectivity index (χ0v) is 10.2. The second-order valence-electron chi connectivity index (χ2n) is 4.60. The van der Waals surface area contributed by atoms with Crippen molar-refractivity contribution in [3.63, 3.8) is 0 Å². The Morgan fingerprint density at radius 2 is 2.11 bits per heavy atom. The predicted octanol–water partition coefficient (Wildman–Crippen LogP) is 1.34. The molecule has 0 N–H and O–H groups in total. The van der Waals surface area contributed by atoms with Crippen molar-refractivity contribution in [3.05, 3.63) is 41.7 Å². The van der Waals surface area contributed by atoms with E-state index in [0.717, 1.165) is 30.0 Å². The lowest BCUT2D eigenvalue weighted by atomic mass is 10.0. The van der Waals surface area contributed by atoms with Gasteiger partial charge in [-0.05, 0) is 12.1 Å². The third-order valence-electron chi connectivity index (χ3n) is 3.26. The van der Waals surface area contributed by atoms with Crippen LogP contribution in [0.3, 0.4) is 0 Å². The maximum atomic E-state index is 10.9. The van der Waals surface area contributed by atoms with Crippen LogP contribution in [0, 0.1) is 0 Å². The average molecular weight is 242 g/mol. The molecule has 1 aromatic carbocycles. The van der Waals surface area contributed by atoms with Crippen molar-refractivity contribution in [1.82, 2.24) is 19.9 Å². The Bertz CT molecular complexity index is 564. The van der Waals surface area contributed by atoms with Crippen molar-refractivity contribution in [3.8, 4) is 5.69 Å². The highest BCUT2D eigenvalue weighted by atomic mass is 16.1. The van der Waals surface area contributed by atoms with Crippen molar-refractivity contribution in [2.24, 2.45) is 0 Å². The van der Waals surface area contributed by atoms with E-state index < -0.39 is 0 Å². The minimum absolute atomic E-state index is 0.245. The summed E-state index contributed by atoms with van der Waals surface area (Å²) in [6.45, 7) is 3.37. The Morgan fingerprint density at radius 3 is 2.83 bits per heavy atom. The first-order chi connectivity index (χ1) is 8.79. The van der Waals surface area contributed by atoms with E-state index in [0.29, 0.717) is 6.54 Å². The quantitative estimate of drug-likeness (QED) is 0.747. The summed E-state index contributed by atoms with van der Waals surface area (Å²) in [4.78, 5) is 12.6.